The normalized spacial score (nSPS) is 11.8. The van der Waals surface area contributed by atoms with E-state index in [1.54, 1.807) is 0 Å². The fourth-order valence-corrected chi connectivity index (χ4v) is 12.0. The van der Waals surface area contributed by atoms with Crippen LogP contribution in [0.2, 0.25) is 0 Å². The Morgan fingerprint density at radius 1 is 0.375 bits per heavy atom. The van der Waals surface area contributed by atoms with Crippen LogP contribution in [0.3, 0.4) is 0 Å². The Morgan fingerprint density at radius 3 is 1.12 bits per heavy atom. The highest BCUT2D eigenvalue weighted by molar-refractivity contribution is 8.33. The molecule has 0 bridgehead atoms. The summed E-state index contributed by atoms with van der Waals surface area (Å²) in [4.78, 5) is 6.68. The zero-order valence-corrected chi connectivity index (χ0v) is 25.3. The van der Waals surface area contributed by atoms with Crippen LogP contribution in [0.5, 0.6) is 0 Å². The molecule has 0 fully saturated rings. The van der Waals surface area contributed by atoms with E-state index in [4.69, 9.17) is 0 Å². The van der Waals surface area contributed by atoms with Crippen LogP contribution >= 0.6 is 21.8 Å². The summed E-state index contributed by atoms with van der Waals surface area (Å²) in [5.74, 6) is 0. The monoisotopic (exact) mass is 568 g/mol. The van der Waals surface area contributed by atoms with E-state index in [-0.39, 0.29) is 0 Å². The fourth-order valence-electron chi connectivity index (χ4n) is 5.31. The van der Waals surface area contributed by atoms with Gasteiger partial charge in [0.2, 0.25) is 0 Å². The van der Waals surface area contributed by atoms with E-state index in [2.05, 4.69) is 176 Å². The number of hydrogen-bond acceptors (Lipinski definition) is 1. The van der Waals surface area contributed by atoms with Crippen LogP contribution in [0, 0.1) is 0 Å². The maximum atomic E-state index is 2.42. The van der Waals surface area contributed by atoms with Crippen molar-refractivity contribution in [3.8, 4) is 0 Å². The molecule has 0 aliphatic rings. The van der Waals surface area contributed by atoms with Crippen molar-refractivity contribution in [1.82, 2.24) is 0 Å². The smallest absolute Gasteiger partial charge is 0.132 e. The minimum atomic E-state index is -1.51. The van der Waals surface area contributed by atoms with Gasteiger partial charge >= 0.3 is 0 Å². The van der Waals surface area contributed by atoms with Crippen LogP contribution in [0.1, 0.15) is 0 Å². The summed E-state index contributed by atoms with van der Waals surface area (Å²) >= 11 is 1.84. The number of benzene rings is 6. The summed E-state index contributed by atoms with van der Waals surface area (Å²) in [6.07, 6.45) is 2.42. The lowest BCUT2D eigenvalue weighted by Gasteiger charge is -2.37. The van der Waals surface area contributed by atoms with Gasteiger partial charge < -0.3 is 0 Å². The molecule has 0 unspecified atom stereocenters. The lowest BCUT2D eigenvalue weighted by molar-refractivity contribution is 1.27. The predicted octanol–water partition coefficient (Wildman–Crippen LogP) is 8.00. The molecule has 0 saturated carbocycles. The van der Waals surface area contributed by atoms with Gasteiger partial charge in [-0.1, -0.05) is 137 Å². The predicted molar refractivity (Wildman–Crippen MR) is 177 cm³/mol. The first-order valence-electron chi connectivity index (χ1n) is 13.6. The van der Waals surface area contributed by atoms with E-state index < -0.39 is 18.8 Å². The minimum absolute atomic E-state index is 1.26. The van der Waals surface area contributed by atoms with E-state index in [0.29, 0.717) is 0 Å². The molecule has 0 saturated heterocycles. The molecule has 6 aromatic rings. The molecule has 0 radical (unpaired) electrons. The van der Waals surface area contributed by atoms with Gasteiger partial charge in [-0.05, 0) is 81.6 Å². The van der Waals surface area contributed by atoms with Crippen LogP contribution in [0.15, 0.2) is 194 Å². The molecular formula is C37H32S2Si. The summed E-state index contributed by atoms with van der Waals surface area (Å²) in [5.41, 5.74) is 0. The standard InChI is InChI=1S/C37H32S2Si/c1-39(32-14-6-2-7-15-32,33-16-8-3-9-17-33)34-26-22-30(23-27-34)38-31-24-28-37(29-25-31)40(35-18-10-4-11-19-35)36-20-12-5-13-21-36/h2-29,40H,1H3. The van der Waals surface area contributed by atoms with Gasteiger partial charge in [0.25, 0.3) is 0 Å². The Labute approximate surface area is 245 Å². The molecule has 0 atom stereocenters. The molecule has 0 spiro atoms. The van der Waals surface area contributed by atoms with Crippen molar-refractivity contribution in [3.63, 3.8) is 0 Å². The van der Waals surface area contributed by atoms with Crippen molar-refractivity contribution in [2.75, 3.05) is 6.26 Å². The van der Waals surface area contributed by atoms with Crippen LogP contribution in [-0.2, 0) is 0 Å². The lowest BCUT2D eigenvalue weighted by Crippen LogP contribution is -2.51. The van der Waals surface area contributed by atoms with Crippen LogP contribution in [-0.4, -0.2) is 15.1 Å². The van der Waals surface area contributed by atoms with E-state index >= 15 is 0 Å². The molecule has 6 rings (SSSR count). The number of hydrogen-bond donors (Lipinski definition) is 0. The van der Waals surface area contributed by atoms with Gasteiger partial charge in [-0.2, -0.15) is 10.0 Å². The maximum absolute atomic E-state index is 2.42. The quantitative estimate of drug-likeness (QED) is 0.132. The Bertz CT molecular complexity index is 1560. The van der Waals surface area contributed by atoms with Gasteiger partial charge in [0.1, 0.15) is 8.80 Å². The molecule has 6 aromatic carbocycles. The Morgan fingerprint density at radius 2 is 0.700 bits per heavy atom. The van der Waals surface area contributed by atoms with Crippen molar-refractivity contribution in [2.45, 2.75) is 24.5 Å². The molecule has 0 aliphatic heterocycles. The summed E-state index contributed by atoms with van der Waals surface area (Å²) < 4.78 is 0. The molecular weight excluding hydrogens is 537 g/mol. The van der Waals surface area contributed by atoms with Crippen molar-refractivity contribution in [3.05, 3.63) is 170 Å². The molecule has 0 heterocycles. The summed E-state index contributed by atoms with van der Waals surface area (Å²) in [5, 5.41) is 4.35. The Hall–Kier alpha value is -3.76. The molecule has 3 heteroatoms. The van der Waals surface area contributed by atoms with E-state index in [0.717, 1.165) is 0 Å². The van der Waals surface area contributed by atoms with E-state index in [9.17, 15) is 0 Å². The molecule has 0 N–H and O–H groups in total. The summed E-state index contributed by atoms with van der Waals surface area (Å²) in [6.45, 7) is 0. The third kappa shape index (κ3) is 5.59. The second-order valence-corrected chi connectivity index (χ2v) is 17.2. The maximum Gasteiger partial charge on any atom is 0.132 e. The van der Waals surface area contributed by atoms with Crippen LogP contribution < -0.4 is 15.6 Å². The molecule has 0 amide bonds. The third-order valence-electron chi connectivity index (χ3n) is 7.44. The van der Waals surface area contributed by atoms with Gasteiger partial charge in [0.05, 0.1) is 0 Å². The molecule has 196 valence electrons. The zero-order chi connectivity index (χ0) is 27.2. The second kappa shape index (κ2) is 12.2. The lowest BCUT2D eigenvalue weighted by atomic mass is 10.3. The van der Waals surface area contributed by atoms with Gasteiger partial charge in [0.15, 0.2) is 0 Å². The van der Waals surface area contributed by atoms with Gasteiger partial charge in [-0.25, -0.2) is 0 Å². The van der Waals surface area contributed by atoms with Crippen molar-refractivity contribution >= 4 is 46.1 Å². The Balaban J connectivity index is 1.26. The van der Waals surface area contributed by atoms with Gasteiger partial charge in [-0.15, -0.1) is 0 Å². The Kier molecular flexibility index (Phi) is 8.06. The van der Waals surface area contributed by atoms with Crippen molar-refractivity contribution in [1.29, 1.82) is 0 Å². The second-order valence-electron chi connectivity index (χ2n) is 9.94. The van der Waals surface area contributed by atoms with Crippen LogP contribution in [0.25, 0.3) is 0 Å². The zero-order valence-electron chi connectivity index (χ0n) is 22.6. The first-order chi connectivity index (χ1) is 19.7. The van der Waals surface area contributed by atoms with E-state index in [1.165, 1.54) is 40.0 Å². The minimum Gasteiger partial charge on any atom is -0.163 e. The SMILES string of the molecule is CS(c1ccccc1)(c1ccccc1)c1ccc(Sc2ccc([SiH](c3ccccc3)c3ccccc3)cc2)cc1. The van der Waals surface area contributed by atoms with Crippen LogP contribution in [0.4, 0.5) is 0 Å². The first kappa shape index (κ1) is 26.5. The van der Waals surface area contributed by atoms with Crippen molar-refractivity contribution in [2.24, 2.45) is 0 Å². The highest BCUT2D eigenvalue weighted by atomic mass is 32.3. The van der Waals surface area contributed by atoms with Gasteiger partial charge in [-0.3, -0.25) is 0 Å². The average Bonchev–Trinajstić information content (AvgIpc) is 3.04. The molecule has 0 nitrogen and oxygen atoms in total. The van der Waals surface area contributed by atoms with Gasteiger partial charge in [0, 0.05) is 9.79 Å². The highest BCUT2D eigenvalue weighted by Gasteiger charge is 2.25. The topological polar surface area (TPSA) is 0 Å². The average molecular weight is 569 g/mol. The molecule has 0 aromatic heterocycles. The highest BCUT2D eigenvalue weighted by Crippen LogP contribution is 2.65. The van der Waals surface area contributed by atoms with Crippen molar-refractivity contribution < 1.29 is 0 Å². The fraction of sp³-hybridized carbons (Fsp3) is 0.0270. The summed E-state index contributed by atoms with van der Waals surface area (Å²) in [7, 11) is -2.84. The number of rotatable bonds is 8. The first-order valence-corrected chi connectivity index (χ1v) is 18.2. The molecule has 0 aliphatic carbocycles. The third-order valence-corrected chi connectivity index (χ3v) is 15.3. The summed E-state index contributed by atoms with van der Waals surface area (Å²) in [6, 6.07) is 62.4. The molecule has 40 heavy (non-hydrogen) atoms. The largest absolute Gasteiger partial charge is 0.163 e. The van der Waals surface area contributed by atoms with E-state index in [1.807, 2.05) is 11.8 Å².